The Morgan fingerprint density at radius 1 is 1.31 bits per heavy atom. The van der Waals surface area contributed by atoms with Crippen molar-refractivity contribution < 1.29 is 4.74 Å². The summed E-state index contributed by atoms with van der Waals surface area (Å²) in [6, 6.07) is 7.94. The molecule has 1 saturated heterocycles. The van der Waals surface area contributed by atoms with Crippen molar-refractivity contribution in [2.45, 2.75) is 31.5 Å². The zero-order valence-electron chi connectivity index (χ0n) is 14.7. The summed E-state index contributed by atoms with van der Waals surface area (Å²) in [5.74, 6) is 1.43. The van der Waals surface area contributed by atoms with Gasteiger partial charge in [0.25, 0.3) is 0 Å². The smallest absolute Gasteiger partial charge is 0.177 e. The molecule has 1 atom stereocenters. The van der Waals surface area contributed by atoms with Crippen LogP contribution in [0.1, 0.15) is 29.9 Å². The van der Waals surface area contributed by atoms with Gasteiger partial charge in [-0.2, -0.15) is 5.10 Å². The van der Waals surface area contributed by atoms with Crippen molar-refractivity contribution in [3.05, 3.63) is 59.4 Å². The third-order valence-electron chi connectivity index (χ3n) is 4.52. The fourth-order valence-corrected chi connectivity index (χ4v) is 3.15. The normalized spacial score (nSPS) is 23.8. The maximum atomic E-state index is 6.64. The average Bonchev–Trinajstić information content (AvgIpc) is 3.10. The molecule has 1 unspecified atom stereocenters. The Hall–Kier alpha value is -2.71. The molecule has 0 spiro atoms. The standard InChI is InChI=1S/C18H23N7O/c1-12-10-15(25-24-12)18(19)11-16(21-13-5-8-26-9-6-13)22-17(23-18)14-4-2-3-7-20-14/h2-4,7,10-11,13,21H,5-6,8-9,19H2,1H3,(H,22,23)(H,24,25). The highest BCUT2D eigenvalue weighted by Gasteiger charge is 2.33. The number of aliphatic imine (C=N–C) groups is 1. The van der Waals surface area contributed by atoms with Crippen molar-refractivity contribution in [3.63, 3.8) is 0 Å². The van der Waals surface area contributed by atoms with E-state index in [1.165, 1.54) is 0 Å². The summed E-state index contributed by atoms with van der Waals surface area (Å²) in [5, 5.41) is 14.1. The molecule has 1 fully saturated rings. The first kappa shape index (κ1) is 16.7. The van der Waals surface area contributed by atoms with Crippen LogP contribution < -0.4 is 16.4 Å². The Balaban J connectivity index is 1.68. The van der Waals surface area contributed by atoms with E-state index in [4.69, 9.17) is 15.5 Å². The number of amidine groups is 1. The number of aromatic nitrogens is 3. The summed E-state index contributed by atoms with van der Waals surface area (Å²) in [7, 11) is 0. The van der Waals surface area contributed by atoms with Crippen molar-refractivity contribution in [1.82, 2.24) is 25.8 Å². The van der Waals surface area contributed by atoms with Gasteiger partial charge in [0, 0.05) is 37.2 Å². The lowest BCUT2D eigenvalue weighted by Gasteiger charge is -2.32. The second-order valence-electron chi connectivity index (χ2n) is 6.65. The first-order chi connectivity index (χ1) is 12.6. The van der Waals surface area contributed by atoms with Gasteiger partial charge in [0.05, 0.1) is 0 Å². The van der Waals surface area contributed by atoms with Gasteiger partial charge in [0.15, 0.2) is 11.5 Å². The van der Waals surface area contributed by atoms with Gasteiger partial charge in [0.2, 0.25) is 0 Å². The van der Waals surface area contributed by atoms with E-state index >= 15 is 0 Å². The molecular weight excluding hydrogens is 330 g/mol. The zero-order chi connectivity index (χ0) is 18.0. The fraction of sp³-hybridized carbons (Fsp3) is 0.389. The molecule has 0 bridgehead atoms. The highest BCUT2D eigenvalue weighted by Crippen LogP contribution is 2.25. The summed E-state index contributed by atoms with van der Waals surface area (Å²) in [4.78, 5) is 9.10. The molecule has 0 saturated carbocycles. The van der Waals surface area contributed by atoms with Crippen LogP contribution in [0.3, 0.4) is 0 Å². The number of nitrogens with two attached hydrogens (primary N) is 1. The minimum absolute atomic E-state index is 0.329. The summed E-state index contributed by atoms with van der Waals surface area (Å²) >= 11 is 0. The van der Waals surface area contributed by atoms with E-state index in [1.54, 1.807) is 6.20 Å². The van der Waals surface area contributed by atoms with Gasteiger partial charge in [-0.05, 0) is 38.0 Å². The van der Waals surface area contributed by atoms with E-state index < -0.39 is 5.66 Å². The molecule has 2 aliphatic heterocycles. The quantitative estimate of drug-likeness (QED) is 0.649. The summed E-state index contributed by atoms with van der Waals surface area (Å²) < 4.78 is 5.44. The number of nitrogens with zero attached hydrogens (tertiary/aromatic N) is 3. The van der Waals surface area contributed by atoms with Crippen LogP contribution in [0.25, 0.3) is 0 Å². The third-order valence-corrected chi connectivity index (χ3v) is 4.52. The molecule has 8 heteroatoms. The molecule has 4 rings (SSSR count). The molecule has 136 valence electrons. The van der Waals surface area contributed by atoms with Gasteiger partial charge in [0.1, 0.15) is 17.2 Å². The van der Waals surface area contributed by atoms with Crippen LogP contribution in [0, 0.1) is 6.92 Å². The van der Waals surface area contributed by atoms with Crippen LogP contribution in [0.2, 0.25) is 0 Å². The van der Waals surface area contributed by atoms with Gasteiger partial charge in [-0.25, -0.2) is 4.99 Å². The molecule has 4 heterocycles. The minimum Gasteiger partial charge on any atom is -0.381 e. The van der Waals surface area contributed by atoms with Crippen molar-refractivity contribution in [2.24, 2.45) is 10.7 Å². The van der Waals surface area contributed by atoms with Crippen molar-refractivity contribution in [3.8, 4) is 0 Å². The summed E-state index contributed by atoms with van der Waals surface area (Å²) in [6.45, 7) is 3.46. The zero-order valence-corrected chi connectivity index (χ0v) is 14.7. The molecule has 5 N–H and O–H groups in total. The lowest BCUT2D eigenvalue weighted by Crippen LogP contribution is -2.48. The number of H-pyrrole nitrogens is 1. The van der Waals surface area contributed by atoms with Crippen LogP contribution in [-0.2, 0) is 10.4 Å². The first-order valence-electron chi connectivity index (χ1n) is 8.79. The van der Waals surface area contributed by atoms with E-state index in [-0.39, 0.29) is 0 Å². The SMILES string of the molecule is Cc1cc(C2(N)C=C(NC3CCOCC3)NC(c3ccccn3)=N2)n[nH]1. The Bertz CT molecular complexity index is 823. The first-order valence-corrected chi connectivity index (χ1v) is 8.79. The van der Waals surface area contributed by atoms with Crippen LogP contribution in [0.5, 0.6) is 0 Å². The summed E-state index contributed by atoms with van der Waals surface area (Å²) in [5.41, 5.74) is 7.89. The maximum absolute atomic E-state index is 6.64. The van der Waals surface area contributed by atoms with E-state index in [0.717, 1.165) is 43.3 Å². The topological polar surface area (TPSA) is 113 Å². The second-order valence-corrected chi connectivity index (χ2v) is 6.65. The molecule has 8 nitrogen and oxygen atoms in total. The Morgan fingerprint density at radius 2 is 2.15 bits per heavy atom. The monoisotopic (exact) mass is 353 g/mol. The second kappa shape index (κ2) is 6.89. The van der Waals surface area contributed by atoms with Crippen LogP contribution in [-0.4, -0.2) is 40.3 Å². The van der Waals surface area contributed by atoms with E-state index in [0.29, 0.717) is 17.6 Å². The number of hydrogen-bond acceptors (Lipinski definition) is 7. The number of aromatic amines is 1. The average molecular weight is 353 g/mol. The molecule has 0 aliphatic carbocycles. The summed E-state index contributed by atoms with van der Waals surface area (Å²) in [6.07, 6.45) is 5.52. The van der Waals surface area contributed by atoms with Crippen LogP contribution >= 0.6 is 0 Å². The fourth-order valence-electron chi connectivity index (χ4n) is 3.15. The number of pyridine rings is 1. The third kappa shape index (κ3) is 3.47. The number of aryl methyl sites for hydroxylation is 1. The predicted molar refractivity (Wildman–Crippen MR) is 98.2 cm³/mol. The van der Waals surface area contributed by atoms with Crippen LogP contribution in [0.4, 0.5) is 0 Å². The van der Waals surface area contributed by atoms with Gasteiger partial charge < -0.3 is 15.4 Å². The molecule has 26 heavy (non-hydrogen) atoms. The number of hydrogen-bond donors (Lipinski definition) is 4. The Kier molecular flexibility index (Phi) is 4.44. The highest BCUT2D eigenvalue weighted by atomic mass is 16.5. The number of rotatable bonds is 4. The molecule has 2 aromatic heterocycles. The van der Waals surface area contributed by atoms with Crippen molar-refractivity contribution >= 4 is 5.84 Å². The molecule has 0 amide bonds. The van der Waals surface area contributed by atoms with Gasteiger partial charge >= 0.3 is 0 Å². The Morgan fingerprint density at radius 3 is 2.85 bits per heavy atom. The van der Waals surface area contributed by atoms with Gasteiger partial charge in [-0.1, -0.05) is 6.07 Å². The largest absolute Gasteiger partial charge is 0.381 e. The number of nitrogens with one attached hydrogen (secondary N) is 3. The molecular formula is C18H23N7O. The van der Waals surface area contributed by atoms with E-state index in [9.17, 15) is 0 Å². The number of ether oxygens (including phenoxy) is 1. The van der Waals surface area contributed by atoms with Crippen molar-refractivity contribution in [1.29, 1.82) is 0 Å². The van der Waals surface area contributed by atoms with Crippen LogP contribution in [0.15, 0.2) is 47.4 Å². The van der Waals surface area contributed by atoms with Gasteiger partial charge in [-0.15, -0.1) is 0 Å². The Labute approximate surface area is 152 Å². The molecule has 0 aromatic carbocycles. The molecule has 0 radical (unpaired) electrons. The molecule has 2 aromatic rings. The van der Waals surface area contributed by atoms with E-state index in [1.807, 2.05) is 37.3 Å². The predicted octanol–water partition coefficient (Wildman–Crippen LogP) is 0.885. The molecule has 2 aliphatic rings. The lowest BCUT2D eigenvalue weighted by atomic mass is 10.0. The van der Waals surface area contributed by atoms with E-state index in [2.05, 4.69) is 25.8 Å². The lowest BCUT2D eigenvalue weighted by molar-refractivity contribution is 0.0800. The van der Waals surface area contributed by atoms with Crippen molar-refractivity contribution in [2.75, 3.05) is 13.2 Å². The highest BCUT2D eigenvalue weighted by molar-refractivity contribution is 5.99. The van der Waals surface area contributed by atoms with Gasteiger partial charge in [-0.3, -0.25) is 15.8 Å². The minimum atomic E-state index is -1.07. The maximum Gasteiger partial charge on any atom is 0.177 e.